The first-order valence-electron chi connectivity index (χ1n) is 5.04. The molecule has 0 unspecified atom stereocenters. The van der Waals surface area contributed by atoms with E-state index in [-0.39, 0.29) is 16.4 Å². The van der Waals surface area contributed by atoms with Crippen LogP contribution in [0.1, 0.15) is 0 Å². The fourth-order valence-electron chi connectivity index (χ4n) is 1.47. The Morgan fingerprint density at radius 2 is 1.47 bits per heavy atom. The fourth-order valence-corrected chi connectivity index (χ4v) is 1.63. The third-order valence-corrected chi connectivity index (χ3v) is 2.65. The Balaban J connectivity index is 2.45. The van der Waals surface area contributed by atoms with Crippen molar-refractivity contribution in [3.63, 3.8) is 0 Å². The highest BCUT2D eigenvalue weighted by atomic mass is 35.5. The average Bonchev–Trinajstić information content (AvgIpc) is 2.29. The van der Waals surface area contributed by atoms with E-state index in [0.717, 1.165) is 12.1 Å². The highest BCUT2D eigenvalue weighted by Gasteiger charge is 2.14. The summed E-state index contributed by atoms with van der Waals surface area (Å²) < 4.78 is 52.6. The van der Waals surface area contributed by atoms with Crippen LogP contribution in [0, 0.1) is 23.3 Å². The molecule has 0 spiro atoms. The SMILES string of the molecule is Nc1cc(F)c(Cl)cc1Nc1c(F)cc(F)cc1F. The van der Waals surface area contributed by atoms with E-state index in [0.29, 0.717) is 12.1 Å². The summed E-state index contributed by atoms with van der Waals surface area (Å²) in [7, 11) is 0. The molecule has 100 valence electrons. The lowest BCUT2D eigenvalue weighted by Crippen LogP contribution is -2.02. The van der Waals surface area contributed by atoms with Crippen molar-refractivity contribution in [3.8, 4) is 0 Å². The standard InChI is InChI=1S/C12H7ClF4N2/c13-6-3-11(10(18)4-7(6)15)19-12-8(16)1-5(14)2-9(12)17/h1-4,19H,18H2. The van der Waals surface area contributed by atoms with Gasteiger partial charge in [0.2, 0.25) is 0 Å². The zero-order chi connectivity index (χ0) is 14.2. The van der Waals surface area contributed by atoms with Crippen LogP contribution in [0.4, 0.5) is 34.6 Å². The number of halogens is 5. The molecule has 19 heavy (non-hydrogen) atoms. The van der Waals surface area contributed by atoms with Gasteiger partial charge in [0.05, 0.1) is 16.4 Å². The normalized spacial score (nSPS) is 10.6. The highest BCUT2D eigenvalue weighted by Crippen LogP contribution is 2.31. The van der Waals surface area contributed by atoms with Crippen molar-refractivity contribution in [1.29, 1.82) is 0 Å². The Bertz CT molecular complexity index is 623. The highest BCUT2D eigenvalue weighted by molar-refractivity contribution is 6.31. The van der Waals surface area contributed by atoms with E-state index in [1.54, 1.807) is 0 Å². The minimum Gasteiger partial charge on any atom is -0.397 e. The maximum absolute atomic E-state index is 13.4. The third kappa shape index (κ3) is 2.73. The van der Waals surface area contributed by atoms with Gasteiger partial charge >= 0.3 is 0 Å². The van der Waals surface area contributed by atoms with Gasteiger partial charge in [0, 0.05) is 18.2 Å². The van der Waals surface area contributed by atoms with Gasteiger partial charge < -0.3 is 11.1 Å². The van der Waals surface area contributed by atoms with Gasteiger partial charge in [-0.2, -0.15) is 0 Å². The van der Waals surface area contributed by atoms with Gasteiger partial charge in [0.1, 0.15) is 17.3 Å². The molecule has 2 rings (SSSR count). The predicted molar refractivity (Wildman–Crippen MR) is 65.4 cm³/mol. The topological polar surface area (TPSA) is 38.0 Å². The van der Waals surface area contributed by atoms with E-state index >= 15 is 0 Å². The van der Waals surface area contributed by atoms with Gasteiger partial charge in [0.25, 0.3) is 0 Å². The monoisotopic (exact) mass is 290 g/mol. The van der Waals surface area contributed by atoms with Crippen LogP contribution < -0.4 is 11.1 Å². The second kappa shape index (κ2) is 4.97. The van der Waals surface area contributed by atoms with Crippen molar-refractivity contribution in [2.24, 2.45) is 0 Å². The first kappa shape index (κ1) is 13.5. The molecule has 3 N–H and O–H groups in total. The fraction of sp³-hybridized carbons (Fsp3) is 0. The molecule has 0 aromatic heterocycles. The number of nitrogen functional groups attached to an aromatic ring is 1. The lowest BCUT2D eigenvalue weighted by molar-refractivity contribution is 0.549. The molecule has 0 amide bonds. The quantitative estimate of drug-likeness (QED) is 0.642. The van der Waals surface area contributed by atoms with E-state index in [9.17, 15) is 17.6 Å². The molecule has 2 aromatic rings. The molecule has 0 saturated carbocycles. The van der Waals surface area contributed by atoms with Crippen LogP contribution in [-0.4, -0.2) is 0 Å². The van der Waals surface area contributed by atoms with Crippen LogP contribution in [0.25, 0.3) is 0 Å². The minimum atomic E-state index is -1.14. The summed E-state index contributed by atoms with van der Waals surface area (Å²) in [6, 6.07) is 3.00. The van der Waals surface area contributed by atoms with Crippen molar-refractivity contribution in [2.45, 2.75) is 0 Å². The van der Waals surface area contributed by atoms with Crippen molar-refractivity contribution in [3.05, 3.63) is 52.6 Å². The molecule has 0 bridgehead atoms. The zero-order valence-electron chi connectivity index (χ0n) is 9.28. The van der Waals surface area contributed by atoms with Crippen molar-refractivity contribution < 1.29 is 17.6 Å². The number of anilines is 3. The van der Waals surface area contributed by atoms with E-state index in [4.69, 9.17) is 17.3 Å². The predicted octanol–water partition coefficient (Wildman–Crippen LogP) is 4.22. The van der Waals surface area contributed by atoms with Gasteiger partial charge in [-0.15, -0.1) is 0 Å². The van der Waals surface area contributed by atoms with Crippen LogP contribution in [0.5, 0.6) is 0 Å². The largest absolute Gasteiger partial charge is 0.397 e. The van der Waals surface area contributed by atoms with Crippen LogP contribution in [0.2, 0.25) is 5.02 Å². The summed E-state index contributed by atoms with van der Waals surface area (Å²) in [5.74, 6) is -4.09. The van der Waals surface area contributed by atoms with Crippen molar-refractivity contribution >= 4 is 28.7 Å². The number of hydrogen-bond acceptors (Lipinski definition) is 2. The summed E-state index contributed by atoms with van der Waals surface area (Å²) >= 11 is 5.54. The first-order valence-corrected chi connectivity index (χ1v) is 5.42. The maximum Gasteiger partial charge on any atom is 0.152 e. The van der Waals surface area contributed by atoms with Crippen molar-refractivity contribution in [1.82, 2.24) is 0 Å². The summed E-state index contributed by atoms with van der Waals surface area (Å²) in [5, 5.41) is 2.05. The zero-order valence-corrected chi connectivity index (χ0v) is 10.0. The van der Waals surface area contributed by atoms with Gasteiger partial charge in [-0.1, -0.05) is 11.6 Å². The number of rotatable bonds is 2. The number of nitrogens with one attached hydrogen (secondary N) is 1. The van der Waals surface area contributed by atoms with Crippen LogP contribution in [0.15, 0.2) is 24.3 Å². The van der Waals surface area contributed by atoms with Gasteiger partial charge in [-0.05, 0) is 6.07 Å². The third-order valence-electron chi connectivity index (χ3n) is 2.36. The Morgan fingerprint density at radius 3 is 2.05 bits per heavy atom. The summed E-state index contributed by atoms with van der Waals surface area (Å²) in [6.07, 6.45) is 0. The maximum atomic E-state index is 13.4. The molecular formula is C12H7ClF4N2. The van der Waals surface area contributed by atoms with Crippen LogP contribution >= 0.6 is 11.6 Å². The molecule has 0 atom stereocenters. The van der Waals surface area contributed by atoms with Gasteiger partial charge in [-0.3, -0.25) is 0 Å². The summed E-state index contributed by atoms with van der Waals surface area (Å²) in [6.45, 7) is 0. The smallest absolute Gasteiger partial charge is 0.152 e. The molecule has 2 aromatic carbocycles. The molecule has 0 heterocycles. The first-order chi connectivity index (χ1) is 8.88. The molecule has 0 saturated heterocycles. The van der Waals surface area contributed by atoms with E-state index in [1.165, 1.54) is 0 Å². The Labute approximate surface area is 110 Å². The van der Waals surface area contributed by atoms with Gasteiger partial charge in [-0.25, -0.2) is 17.6 Å². The molecule has 0 aliphatic carbocycles. The Hall–Kier alpha value is -1.95. The molecule has 0 fully saturated rings. The average molecular weight is 291 g/mol. The lowest BCUT2D eigenvalue weighted by atomic mass is 10.2. The van der Waals surface area contributed by atoms with E-state index in [2.05, 4.69) is 5.32 Å². The summed E-state index contributed by atoms with van der Waals surface area (Å²) in [4.78, 5) is 0. The molecule has 2 nitrogen and oxygen atoms in total. The van der Waals surface area contributed by atoms with E-state index < -0.39 is 29.0 Å². The molecule has 0 radical (unpaired) electrons. The molecule has 7 heteroatoms. The number of hydrogen-bond donors (Lipinski definition) is 2. The van der Waals surface area contributed by atoms with Gasteiger partial charge in [0.15, 0.2) is 11.6 Å². The van der Waals surface area contributed by atoms with Crippen LogP contribution in [0.3, 0.4) is 0 Å². The second-order valence-electron chi connectivity index (χ2n) is 3.72. The number of benzene rings is 2. The molecular weight excluding hydrogens is 284 g/mol. The second-order valence-corrected chi connectivity index (χ2v) is 4.13. The Kier molecular flexibility index (Phi) is 3.53. The van der Waals surface area contributed by atoms with Crippen LogP contribution in [-0.2, 0) is 0 Å². The van der Waals surface area contributed by atoms with E-state index in [1.807, 2.05) is 0 Å². The lowest BCUT2D eigenvalue weighted by Gasteiger charge is -2.12. The minimum absolute atomic E-state index is 0.0100. The number of nitrogens with two attached hydrogens (primary N) is 1. The van der Waals surface area contributed by atoms with Crippen molar-refractivity contribution in [2.75, 3.05) is 11.1 Å². The molecule has 0 aliphatic rings. The molecule has 0 aliphatic heterocycles. The Morgan fingerprint density at radius 1 is 0.895 bits per heavy atom. The summed E-state index contributed by atoms with van der Waals surface area (Å²) in [5.41, 5.74) is 4.80.